The Balaban J connectivity index is 1.92. The van der Waals surface area contributed by atoms with Gasteiger partial charge in [0.05, 0.1) is 18.4 Å². The van der Waals surface area contributed by atoms with Gasteiger partial charge in [-0.25, -0.2) is 0 Å². The van der Waals surface area contributed by atoms with E-state index in [2.05, 4.69) is 0 Å². The summed E-state index contributed by atoms with van der Waals surface area (Å²) in [4.78, 5) is 25.5. The molecule has 2 rings (SSSR count). The van der Waals surface area contributed by atoms with E-state index in [1.807, 2.05) is 0 Å². The van der Waals surface area contributed by atoms with E-state index in [0.29, 0.717) is 31.9 Å². The fraction of sp³-hybridized carbons (Fsp3) is 0.867. The zero-order chi connectivity index (χ0) is 14.5. The van der Waals surface area contributed by atoms with Gasteiger partial charge in [0.2, 0.25) is 5.91 Å². The van der Waals surface area contributed by atoms with Crippen molar-refractivity contribution in [2.24, 2.45) is 17.8 Å². The number of carboxylic acids is 1. The summed E-state index contributed by atoms with van der Waals surface area (Å²) < 4.78 is 5.44. The van der Waals surface area contributed by atoms with Crippen molar-refractivity contribution in [1.29, 1.82) is 0 Å². The molecule has 1 heterocycles. The van der Waals surface area contributed by atoms with E-state index in [0.717, 1.165) is 32.3 Å². The maximum absolute atomic E-state index is 12.5. The van der Waals surface area contributed by atoms with Crippen LogP contribution in [-0.2, 0) is 14.3 Å². The number of carbonyl (C=O) groups excluding carboxylic acids is 1. The molecule has 1 N–H and O–H groups in total. The fourth-order valence-electron chi connectivity index (χ4n) is 3.43. The molecule has 0 bridgehead atoms. The number of nitrogens with zero attached hydrogens (tertiary/aromatic N) is 1. The Morgan fingerprint density at radius 3 is 2.45 bits per heavy atom. The average molecular weight is 283 g/mol. The van der Waals surface area contributed by atoms with Crippen molar-refractivity contribution in [3.8, 4) is 0 Å². The van der Waals surface area contributed by atoms with Gasteiger partial charge in [0, 0.05) is 20.2 Å². The minimum absolute atomic E-state index is 0.00248. The molecule has 1 aliphatic carbocycles. The van der Waals surface area contributed by atoms with Crippen LogP contribution in [0.2, 0.25) is 0 Å². The molecular formula is C15H25NO4. The van der Waals surface area contributed by atoms with Crippen LogP contribution in [0.3, 0.4) is 0 Å². The standard InChI is InChI=1S/C15H25NO4/c1-16(9-11-5-4-8-20-10-11)14(17)12-6-2-3-7-13(12)15(18)19/h11-13H,2-10H2,1H3,(H,18,19). The molecule has 5 heteroatoms. The Kier molecular flexibility index (Phi) is 5.40. The predicted molar refractivity (Wildman–Crippen MR) is 74.3 cm³/mol. The maximum atomic E-state index is 12.5. The van der Waals surface area contributed by atoms with Crippen LogP contribution >= 0.6 is 0 Å². The zero-order valence-electron chi connectivity index (χ0n) is 12.2. The molecule has 0 radical (unpaired) electrons. The number of ether oxygens (including phenoxy) is 1. The molecule has 1 saturated heterocycles. The van der Waals surface area contributed by atoms with Crippen LogP contribution in [0.25, 0.3) is 0 Å². The summed E-state index contributed by atoms with van der Waals surface area (Å²) in [5, 5.41) is 9.27. The third kappa shape index (κ3) is 3.72. The average Bonchev–Trinajstić information content (AvgIpc) is 2.47. The normalized spacial score (nSPS) is 30.8. The lowest BCUT2D eigenvalue weighted by Crippen LogP contribution is -2.43. The highest BCUT2D eigenvalue weighted by atomic mass is 16.5. The van der Waals surface area contributed by atoms with Crippen molar-refractivity contribution in [3.05, 3.63) is 0 Å². The largest absolute Gasteiger partial charge is 0.481 e. The van der Waals surface area contributed by atoms with E-state index in [4.69, 9.17) is 4.74 Å². The van der Waals surface area contributed by atoms with Crippen molar-refractivity contribution in [2.75, 3.05) is 26.8 Å². The second-order valence-corrected chi connectivity index (χ2v) is 6.14. The van der Waals surface area contributed by atoms with Gasteiger partial charge in [-0.3, -0.25) is 9.59 Å². The number of carbonyl (C=O) groups is 2. The molecule has 0 aromatic rings. The van der Waals surface area contributed by atoms with E-state index in [-0.39, 0.29) is 11.8 Å². The number of amides is 1. The molecule has 114 valence electrons. The first-order valence-corrected chi connectivity index (χ1v) is 7.65. The molecule has 3 unspecified atom stereocenters. The Bertz CT molecular complexity index is 352. The molecule has 0 aromatic carbocycles. The van der Waals surface area contributed by atoms with Crippen LogP contribution in [0.4, 0.5) is 0 Å². The molecule has 3 atom stereocenters. The van der Waals surface area contributed by atoms with Crippen LogP contribution in [0, 0.1) is 17.8 Å². The number of hydrogen-bond donors (Lipinski definition) is 1. The minimum Gasteiger partial charge on any atom is -0.481 e. The van der Waals surface area contributed by atoms with Crippen molar-refractivity contribution < 1.29 is 19.4 Å². The molecule has 1 saturated carbocycles. The van der Waals surface area contributed by atoms with Crippen molar-refractivity contribution in [3.63, 3.8) is 0 Å². The van der Waals surface area contributed by atoms with Crippen molar-refractivity contribution in [2.45, 2.75) is 38.5 Å². The second-order valence-electron chi connectivity index (χ2n) is 6.14. The Morgan fingerprint density at radius 1 is 1.15 bits per heavy atom. The third-order valence-electron chi connectivity index (χ3n) is 4.56. The fourth-order valence-corrected chi connectivity index (χ4v) is 3.43. The van der Waals surface area contributed by atoms with E-state index in [9.17, 15) is 14.7 Å². The van der Waals surface area contributed by atoms with Gasteiger partial charge in [0.15, 0.2) is 0 Å². The first kappa shape index (κ1) is 15.3. The number of hydrogen-bond acceptors (Lipinski definition) is 3. The number of carboxylic acid groups (broad SMARTS) is 1. The van der Waals surface area contributed by atoms with E-state index < -0.39 is 11.9 Å². The summed E-state index contributed by atoms with van der Waals surface area (Å²) >= 11 is 0. The van der Waals surface area contributed by atoms with Gasteiger partial charge in [-0.15, -0.1) is 0 Å². The lowest BCUT2D eigenvalue weighted by Gasteiger charge is -2.33. The van der Waals surface area contributed by atoms with E-state index >= 15 is 0 Å². The van der Waals surface area contributed by atoms with Crippen LogP contribution in [0.15, 0.2) is 0 Å². The first-order valence-electron chi connectivity index (χ1n) is 7.65. The van der Waals surface area contributed by atoms with Crippen LogP contribution in [-0.4, -0.2) is 48.7 Å². The SMILES string of the molecule is CN(CC1CCCOC1)C(=O)C1CCCCC1C(=O)O. The summed E-state index contributed by atoms with van der Waals surface area (Å²) in [6.45, 7) is 2.21. The highest BCUT2D eigenvalue weighted by molar-refractivity contribution is 5.84. The first-order chi connectivity index (χ1) is 9.59. The molecule has 2 aliphatic rings. The smallest absolute Gasteiger partial charge is 0.307 e. The van der Waals surface area contributed by atoms with Crippen LogP contribution in [0.1, 0.15) is 38.5 Å². The lowest BCUT2D eigenvalue weighted by atomic mass is 9.78. The van der Waals surface area contributed by atoms with Gasteiger partial charge in [0.1, 0.15) is 0 Å². The highest BCUT2D eigenvalue weighted by Gasteiger charge is 2.37. The lowest BCUT2D eigenvalue weighted by molar-refractivity contribution is -0.152. The number of rotatable bonds is 4. The number of aliphatic carboxylic acids is 1. The van der Waals surface area contributed by atoms with Crippen molar-refractivity contribution >= 4 is 11.9 Å². The maximum Gasteiger partial charge on any atom is 0.307 e. The minimum atomic E-state index is -0.822. The predicted octanol–water partition coefficient (Wildman–Crippen LogP) is 1.76. The van der Waals surface area contributed by atoms with Crippen LogP contribution < -0.4 is 0 Å². The molecular weight excluding hydrogens is 258 g/mol. The molecule has 2 fully saturated rings. The van der Waals surface area contributed by atoms with Gasteiger partial charge < -0.3 is 14.7 Å². The van der Waals surface area contributed by atoms with Gasteiger partial charge in [-0.1, -0.05) is 12.8 Å². The van der Waals surface area contributed by atoms with Crippen LogP contribution in [0.5, 0.6) is 0 Å². The highest BCUT2D eigenvalue weighted by Crippen LogP contribution is 2.31. The van der Waals surface area contributed by atoms with Crippen molar-refractivity contribution in [1.82, 2.24) is 4.90 Å². The third-order valence-corrected chi connectivity index (χ3v) is 4.56. The van der Waals surface area contributed by atoms with Gasteiger partial charge in [0.25, 0.3) is 0 Å². The topological polar surface area (TPSA) is 66.8 Å². The molecule has 0 aromatic heterocycles. The molecule has 5 nitrogen and oxygen atoms in total. The second kappa shape index (κ2) is 7.07. The van der Waals surface area contributed by atoms with Gasteiger partial charge in [-0.05, 0) is 31.6 Å². The van der Waals surface area contributed by atoms with Gasteiger partial charge in [-0.2, -0.15) is 0 Å². The Labute approximate surface area is 120 Å². The summed E-state index contributed by atoms with van der Waals surface area (Å²) in [6.07, 6.45) is 5.35. The van der Waals surface area contributed by atoms with E-state index in [1.165, 1.54) is 0 Å². The Morgan fingerprint density at radius 2 is 1.85 bits per heavy atom. The molecule has 1 aliphatic heterocycles. The summed E-state index contributed by atoms with van der Waals surface area (Å²) in [7, 11) is 1.80. The monoisotopic (exact) mass is 283 g/mol. The van der Waals surface area contributed by atoms with Gasteiger partial charge >= 0.3 is 5.97 Å². The summed E-state index contributed by atoms with van der Waals surface area (Å²) in [6, 6.07) is 0. The zero-order valence-corrected chi connectivity index (χ0v) is 12.2. The molecule has 0 spiro atoms. The summed E-state index contributed by atoms with van der Waals surface area (Å²) in [5.74, 6) is -1.26. The molecule has 1 amide bonds. The quantitative estimate of drug-likeness (QED) is 0.853. The molecule has 20 heavy (non-hydrogen) atoms. The van der Waals surface area contributed by atoms with E-state index in [1.54, 1.807) is 11.9 Å². The Hall–Kier alpha value is -1.10. The summed E-state index contributed by atoms with van der Waals surface area (Å²) in [5.41, 5.74) is 0.